The molecule has 0 amide bonds. The number of nitrogens with zero attached hydrogens (tertiary/aromatic N) is 1. The topological polar surface area (TPSA) is 49.7 Å². The lowest BCUT2D eigenvalue weighted by Gasteiger charge is -2.12. The third-order valence-electron chi connectivity index (χ3n) is 4.25. The van der Waals surface area contributed by atoms with Crippen LogP contribution in [0.25, 0.3) is 10.9 Å². The minimum absolute atomic E-state index is 0.182. The van der Waals surface area contributed by atoms with Crippen molar-refractivity contribution in [3.05, 3.63) is 57.2 Å². The summed E-state index contributed by atoms with van der Waals surface area (Å²) < 4.78 is 18.7. The summed E-state index contributed by atoms with van der Waals surface area (Å²) in [5.41, 5.74) is 2.20. The summed E-state index contributed by atoms with van der Waals surface area (Å²) in [6.45, 7) is 2.67. The number of carbonyl (C=O) groups is 1. The van der Waals surface area contributed by atoms with Crippen LogP contribution in [-0.4, -0.2) is 23.9 Å². The molecule has 2 heterocycles. The van der Waals surface area contributed by atoms with Crippen LogP contribution in [0.3, 0.4) is 0 Å². The Balaban J connectivity index is 1.86. The largest absolute Gasteiger partial charge is 0.461 e. The summed E-state index contributed by atoms with van der Waals surface area (Å²) >= 11 is 9.99. The van der Waals surface area contributed by atoms with E-state index < -0.39 is 0 Å². The van der Waals surface area contributed by atoms with E-state index in [-0.39, 0.29) is 12.8 Å². The predicted octanol–water partition coefficient (Wildman–Crippen LogP) is 5.01. The predicted molar refractivity (Wildman–Crippen MR) is 102 cm³/mol. The lowest BCUT2D eigenvalue weighted by atomic mass is 10.2. The maximum atomic E-state index is 12.6. The molecular weight excluding hydrogens is 422 g/mol. The van der Waals surface area contributed by atoms with Crippen LogP contribution in [0.5, 0.6) is 11.5 Å². The highest BCUT2D eigenvalue weighted by molar-refractivity contribution is 9.10. The van der Waals surface area contributed by atoms with E-state index in [2.05, 4.69) is 15.9 Å². The SMILES string of the molecule is CCOC(=O)c1c(Br)c2ccccc2n1Cc1cc2c(cc1Cl)OCO2. The molecule has 0 saturated heterocycles. The maximum Gasteiger partial charge on any atom is 0.356 e. The second-order valence-corrected chi connectivity index (χ2v) is 6.98. The minimum Gasteiger partial charge on any atom is -0.461 e. The summed E-state index contributed by atoms with van der Waals surface area (Å²) in [5, 5.41) is 1.49. The van der Waals surface area contributed by atoms with E-state index in [1.165, 1.54) is 0 Å². The van der Waals surface area contributed by atoms with Gasteiger partial charge in [0.1, 0.15) is 5.69 Å². The van der Waals surface area contributed by atoms with E-state index in [1.807, 2.05) is 34.9 Å². The van der Waals surface area contributed by atoms with Crippen LogP contribution in [0.15, 0.2) is 40.9 Å². The van der Waals surface area contributed by atoms with Gasteiger partial charge in [-0.05, 0) is 40.5 Å². The zero-order valence-corrected chi connectivity index (χ0v) is 16.3. The molecule has 7 heteroatoms. The smallest absolute Gasteiger partial charge is 0.356 e. The number of hydrogen-bond donors (Lipinski definition) is 0. The first-order valence-corrected chi connectivity index (χ1v) is 9.29. The molecule has 4 rings (SSSR count). The van der Waals surface area contributed by atoms with Crippen LogP contribution >= 0.6 is 27.5 Å². The third-order valence-corrected chi connectivity index (χ3v) is 5.40. The number of fused-ring (bicyclic) bond motifs is 2. The Hall–Kier alpha value is -2.18. The first kappa shape index (κ1) is 17.2. The molecule has 0 N–H and O–H groups in total. The van der Waals surface area contributed by atoms with Gasteiger partial charge < -0.3 is 18.8 Å². The van der Waals surface area contributed by atoms with Crippen LogP contribution in [-0.2, 0) is 11.3 Å². The van der Waals surface area contributed by atoms with Crippen LogP contribution in [0, 0.1) is 0 Å². The van der Waals surface area contributed by atoms with Crippen molar-refractivity contribution in [3.63, 3.8) is 0 Å². The molecular formula is C19H15BrClNO4. The molecule has 134 valence electrons. The average molecular weight is 437 g/mol. The van der Waals surface area contributed by atoms with Crippen LogP contribution < -0.4 is 9.47 Å². The van der Waals surface area contributed by atoms with E-state index in [0.29, 0.717) is 39.8 Å². The number of hydrogen-bond acceptors (Lipinski definition) is 4. The van der Waals surface area contributed by atoms with Gasteiger partial charge in [0.15, 0.2) is 11.5 Å². The van der Waals surface area contributed by atoms with Crippen molar-refractivity contribution in [3.8, 4) is 11.5 Å². The number of para-hydroxylation sites is 1. The second-order valence-electron chi connectivity index (χ2n) is 5.78. The number of halogens is 2. The average Bonchev–Trinajstić information content (AvgIpc) is 3.18. The van der Waals surface area contributed by atoms with E-state index in [1.54, 1.807) is 13.0 Å². The van der Waals surface area contributed by atoms with E-state index in [0.717, 1.165) is 16.5 Å². The van der Waals surface area contributed by atoms with Gasteiger partial charge in [0.05, 0.1) is 23.1 Å². The van der Waals surface area contributed by atoms with Crippen molar-refractivity contribution < 1.29 is 19.0 Å². The van der Waals surface area contributed by atoms with E-state index in [4.69, 9.17) is 25.8 Å². The number of esters is 1. The zero-order valence-electron chi connectivity index (χ0n) is 13.9. The molecule has 0 aliphatic carbocycles. The third kappa shape index (κ3) is 2.83. The lowest BCUT2D eigenvalue weighted by Crippen LogP contribution is -2.13. The standard InChI is InChI=1S/C19H15BrClNO4/c1-2-24-19(23)18-17(20)12-5-3-4-6-14(12)22(18)9-11-7-15-16(8-13(11)21)26-10-25-15/h3-8H,2,9-10H2,1H3. The fraction of sp³-hybridized carbons (Fsp3) is 0.211. The molecule has 0 saturated carbocycles. The molecule has 2 aromatic carbocycles. The van der Waals surface area contributed by atoms with Gasteiger partial charge in [0, 0.05) is 16.5 Å². The van der Waals surface area contributed by atoms with Crippen LogP contribution in [0.2, 0.25) is 5.02 Å². The normalized spacial score (nSPS) is 12.6. The van der Waals surface area contributed by atoms with Gasteiger partial charge in [0.2, 0.25) is 6.79 Å². The summed E-state index contributed by atoms with van der Waals surface area (Å²) in [5.74, 6) is 0.896. The quantitative estimate of drug-likeness (QED) is 0.539. The highest BCUT2D eigenvalue weighted by Gasteiger charge is 2.24. The van der Waals surface area contributed by atoms with Gasteiger partial charge in [0.25, 0.3) is 0 Å². The highest BCUT2D eigenvalue weighted by Crippen LogP contribution is 2.38. The molecule has 0 atom stereocenters. The number of carbonyl (C=O) groups excluding carboxylic acids is 1. The summed E-state index contributed by atoms with van der Waals surface area (Å²) in [7, 11) is 0. The van der Waals surface area contributed by atoms with Crippen molar-refractivity contribution in [2.75, 3.05) is 13.4 Å². The van der Waals surface area contributed by atoms with Crippen molar-refractivity contribution >= 4 is 44.4 Å². The summed E-state index contributed by atoms with van der Waals surface area (Å²) in [6, 6.07) is 11.4. The van der Waals surface area contributed by atoms with Crippen LogP contribution in [0.4, 0.5) is 0 Å². The van der Waals surface area contributed by atoms with Gasteiger partial charge in [-0.2, -0.15) is 0 Å². The van der Waals surface area contributed by atoms with Gasteiger partial charge in [-0.3, -0.25) is 0 Å². The number of benzene rings is 2. The Morgan fingerprint density at radius 1 is 1.27 bits per heavy atom. The number of rotatable bonds is 4. The first-order chi connectivity index (χ1) is 12.6. The zero-order chi connectivity index (χ0) is 18.3. The summed E-state index contributed by atoms with van der Waals surface area (Å²) in [6.07, 6.45) is 0. The first-order valence-electron chi connectivity index (χ1n) is 8.12. The molecule has 0 fully saturated rings. The van der Waals surface area contributed by atoms with E-state index >= 15 is 0 Å². The molecule has 1 aliphatic heterocycles. The van der Waals surface area contributed by atoms with Gasteiger partial charge in [-0.25, -0.2) is 4.79 Å². The van der Waals surface area contributed by atoms with Crippen molar-refractivity contribution in [1.29, 1.82) is 0 Å². The molecule has 26 heavy (non-hydrogen) atoms. The summed E-state index contributed by atoms with van der Waals surface area (Å²) in [4.78, 5) is 12.6. The fourth-order valence-electron chi connectivity index (χ4n) is 3.08. The Morgan fingerprint density at radius 3 is 2.77 bits per heavy atom. The van der Waals surface area contributed by atoms with Crippen molar-refractivity contribution in [2.24, 2.45) is 0 Å². The Kier molecular flexibility index (Phi) is 4.54. The van der Waals surface area contributed by atoms with E-state index in [9.17, 15) is 4.79 Å². The van der Waals surface area contributed by atoms with Crippen molar-refractivity contribution in [2.45, 2.75) is 13.5 Å². The molecule has 5 nitrogen and oxygen atoms in total. The highest BCUT2D eigenvalue weighted by atomic mass is 79.9. The van der Waals surface area contributed by atoms with Gasteiger partial charge >= 0.3 is 5.97 Å². The Labute approximate surface area is 163 Å². The minimum atomic E-state index is -0.382. The second kappa shape index (κ2) is 6.85. The lowest BCUT2D eigenvalue weighted by molar-refractivity contribution is 0.0514. The van der Waals surface area contributed by atoms with Crippen molar-refractivity contribution in [1.82, 2.24) is 4.57 Å². The van der Waals surface area contributed by atoms with Gasteiger partial charge in [-0.15, -0.1) is 0 Å². The number of ether oxygens (including phenoxy) is 3. The molecule has 0 radical (unpaired) electrons. The Morgan fingerprint density at radius 2 is 2.00 bits per heavy atom. The Bertz CT molecular complexity index is 1010. The molecule has 3 aromatic rings. The number of aromatic nitrogens is 1. The molecule has 1 aromatic heterocycles. The molecule has 0 bridgehead atoms. The van der Waals surface area contributed by atoms with Crippen LogP contribution in [0.1, 0.15) is 23.0 Å². The van der Waals surface area contributed by atoms with Gasteiger partial charge in [-0.1, -0.05) is 29.8 Å². The molecule has 0 unspecified atom stereocenters. The fourth-order valence-corrected chi connectivity index (χ4v) is 4.00. The molecule has 0 spiro atoms. The maximum absolute atomic E-state index is 12.6. The monoisotopic (exact) mass is 435 g/mol. The molecule has 1 aliphatic rings.